The molecule has 1 atom stereocenters. The Morgan fingerprint density at radius 2 is 1.83 bits per heavy atom. The van der Waals surface area contributed by atoms with E-state index in [-0.39, 0.29) is 23.3 Å². The molecule has 7 heteroatoms. The highest BCUT2D eigenvalue weighted by Gasteiger charge is 2.33. The summed E-state index contributed by atoms with van der Waals surface area (Å²) in [5.41, 5.74) is 2.88. The molecule has 1 saturated heterocycles. The van der Waals surface area contributed by atoms with Gasteiger partial charge in [-0.15, -0.1) is 0 Å². The van der Waals surface area contributed by atoms with E-state index >= 15 is 0 Å². The Morgan fingerprint density at radius 1 is 1.07 bits per heavy atom. The van der Waals surface area contributed by atoms with Crippen molar-refractivity contribution in [2.45, 2.75) is 30.7 Å². The zero-order valence-electron chi connectivity index (χ0n) is 16.9. The van der Waals surface area contributed by atoms with Crippen LogP contribution in [0.4, 0.5) is 5.69 Å². The van der Waals surface area contributed by atoms with Crippen LogP contribution in [0, 0.1) is 0 Å². The fourth-order valence-corrected chi connectivity index (χ4v) is 5.75. The van der Waals surface area contributed by atoms with Crippen molar-refractivity contribution in [2.24, 2.45) is 0 Å². The van der Waals surface area contributed by atoms with Crippen LogP contribution in [0.3, 0.4) is 0 Å². The quantitative estimate of drug-likeness (QED) is 0.754. The van der Waals surface area contributed by atoms with E-state index in [0.717, 1.165) is 30.8 Å². The number of piperazine rings is 1. The predicted octanol–water partition coefficient (Wildman–Crippen LogP) is 2.14. The largest absolute Gasteiger partial charge is 0.315 e. The molecule has 0 spiro atoms. The Labute approximate surface area is 172 Å². The number of hydrogen-bond acceptors (Lipinski definition) is 4. The van der Waals surface area contributed by atoms with Gasteiger partial charge in [0, 0.05) is 45.0 Å². The van der Waals surface area contributed by atoms with Crippen LogP contribution >= 0.6 is 0 Å². The molecule has 0 N–H and O–H groups in total. The molecule has 1 unspecified atom stereocenters. The molecule has 2 aromatic rings. The summed E-state index contributed by atoms with van der Waals surface area (Å²) in [4.78, 5) is 16.1. The topological polar surface area (TPSA) is 60.9 Å². The van der Waals surface area contributed by atoms with Gasteiger partial charge in [0.2, 0.25) is 15.9 Å². The van der Waals surface area contributed by atoms with E-state index < -0.39 is 10.0 Å². The first-order valence-electron chi connectivity index (χ1n) is 10.0. The van der Waals surface area contributed by atoms with Crippen molar-refractivity contribution in [3.8, 4) is 0 Å². The van der Waals surface area contributed by atoms with Crippen LogP contribution in [-0.4, -0.2) is 62.8 Å². The summed E-state index contributed by atoms with van der Waals surface area (Å²) in [6.07, 6.45) is 1.23. The van der Waals surface area contributed by atoms with Gasteiger partial charge >= 0.3 is 0 Å². The highest BCUT2D eigenvalue weighted by atomic mass is 32.2. The number of rotatable bonds is 5. The number of amides is 1. The minimum absolute atomic E-state index is 0.00444. The normalized spacial score (nSPS) is 20.8. The number of anilines is 1. The van der Waals surface area contributed by atoms with E-state index in [1.54, 1.807) is 34.5 Å². The molecule has 2 heterocycles. The van der Waals surface area contributed by atoms with Gasteiger partial charge in [-0.2, -0.15) is 4.31 Å². The monoisotopic (exact) mass is 413 g/mol. The number of nitrogens with zero attached hydrogens (tertiary/aromatic N) is 3. The summed E-state index contributed by atoms with van der Waals surface area (Å²) in [7, 11) is -1.84. The second-order valence-corrected chi connectivity index (χ2v) is 9.84. The predicted molar refractivity (Wildman–Crippen MR) is 113 cm³/mol. The molecule has 2 aliphatic heterocycles. The fourth-order valence-electron chi connectivity index (χ4n) is 4.19. The molecule has 0 aromatic heterocycles. The Kier molecular flexibility index (Phi) is 5.46. The average Bonchev–Trinajstić information content (AvgIpc) is 3.01. The molecule has 29 heavy (non-hydrogen) atoms. The number of carbonyl (C=O) groups excluding carboxylic acids is 1. The highest BCUT2D eigenvalue weighted by molar-refractivity contribution is 7.89. The minimum atomic E-state index is -3.57. The van der Waals surface area contributed by atoms with Crippen LogP contribution in [0.25, 0.3) is 0 Å². The molecule has 1 fully saturated rings. The van der Waals surface area contributed by atoms with Gasteiger partial charge in [0.1, 0.15) is 0 Å². The molecular weight excluding hydrogens is 386 g/mol. The summed E-state index contributed by atoms with van der Waals surface area (Å²) < 4.78 is 28.0. The zero-order chi connectivity index (χ0) is 20.6. The Morgan fingerprint density at radius 3 is 2.55 bits per heavy atom. The highest BCUT2D eigenvalue weighted by Crippen LogP contribution is 2.31. The van der Waals surface area contributed by atoms with Crippen molar-refractivity contribution in [3.05, 3.63) is 59.7 Å². The summed E-state index contributed by atoms with van der Waals surface area (Å²) in [5, 5.41) is 0. The molecule has 0 saturated carbocycles. The first-order valence-corrected chi connectivity index (χ1v) is 11.5. The molecule has 4 rings (SSSR count). The van der Waals surface area contributed by atoms with Crippen molar-refractivity contribution in [3.63, 3.8) is 0 Å². The van der Waals surface area contributed by atoms with Gasteiger partial charge in [0.25, 0.3) is 0 Å². The number of benzene rings is 2. The number of likely N-dealkylation sites (N-methyl/N-ethyl adjacent to an activating group) is 1. The van der Waals surface area contributed by atoms with Crippen molar-refractivity contribution >= 4 is 21.6 Å². The fraction of sp³-hybridized carbons (Fsp3) is 0.409. The standard InChI is InChI=1S/C22H27N3O3S/c1-17-16-25(13-12-24(17)11-10-18-6-4-3-5-7-18)29(27,28)20-8-9-21-19(14-20)15-22(26)23(21)2/h3-9,14,17H,10-13,15-16H2,1-2H3. The van der Waals surface area contributed by atoms with E-state index in [9.17, 15) is 13.2 Å². The summed E-state index contributed by atoms with van der Waals surface area (Å²) in [5.74, 6) is -0.00444. The van der Waals surface area contributed by atoms with Gasteiger partial charge in [-0.25, -0.2) is 8.42 Å². The Balaban J connectivity index is 1.43. The molecule has 154 valence electrons. The van der Waals surface area contributed by atoms with Crippen LogP contribution in [0.1, 0.15) is 18.1 Å². The van der Waals surface area contributed by atoms with Crippen molar-refractivity contribution in [1.29, 1.82) is 0 Å². The molecule has 6 nitrogen and oxygen atoms in total. The third-order valence-corrected chi connectivity index (χ3v) is 7.89. The van der Waals surface area contributed by atoms with Crippen LogP contribution in [-0.2, 0) is 27.7 Å². The lowest BCUT2D eigenvalue weighted by Crippen LogP contribution is -2.53. The smallest absolute Gasteiger partial charge is 0.243 e. The molecule has 1 amide bonds. The maximum Gasteiger partial charge on any atom is 0.243 e. The van der Waals surface area contributed by atoms with Gasteiger partial charge in [-0.05, 0) is 42.7 Å². The van der Waals surface area contributed by atoms with Gasteiger partial charge in [0.05, 0.1) is 11.3 Å². The maximum atomic E-state index is 13.2. The number of carbonyl (C=O) groups is 1. The maximum absolute atomic E-state index is 13.2. The van der Waals surface area contributed by atoms with Crippen LogP contribution in [0.15, 0.2) is 53.4 Å². The van der Waals surface area contributed by atoms with E-state index in [1.165, 1.54) is 5.56 Å². The first kappa shape index (κ1) is 20.1. The SMILES string of the molecule is CC1CN(S(=O)(=O)c2ccc3c(c2)CC(=O)N3C)CCN1CCc1ccccc1. The summed E-state index contributed by atoms with van der Waals surface area (Å²) in [6.45, 7) is 4.69. The Bertz CT molecular complexity index is 1010. The molecule has 0 aliphatic carbocycles. The number of hydrogen-bond donors (Lipinski definition) is 0. The van der Waals surface area contributed by atoms with E-state index in [2.05, 4.69) is 24.0 Å². The second kappa shape index (κ2) is 7.89. The van der Waals surface area contributed by atoms with Crippen molar-refractivity contribution in [2.75, 3.05) is 38.1 Å². The van der Waals surface area contributed by atoms with E-state index in [0.29, 0.717) is 13.1 Å². The van der Waals surface area contributed by atoms with Gasteiger partial charge in [-0.1, -0.05) is 30.3 Å². The number of sulfonamides is 1. The van der Waals surface area contributed by atoms with Gasteiger partial charge in [-0.3, -0.25) is 9.69 Å². The van der Waals surface area contributed by atoms with Crippen LogP contribution in [0.2, 0.25) is 0 Å². The summed E-state index contributed by atoms with van der Waals surface area (Å²) in [6, 6.07) is 15.5. The van der Waals surface area contributed by atoms with Crippen molar-refractivity contribution in [1.82, 2.24) is 9.21 Å². The lowest BCUT2D eigenvalue weighted by Gasteiger charge is -2.39. The van der Waals surface area contributed by atoms with Gasteiger partial charge < -0.3 is 4.90 Å². The lowest BCUT2D eigenvalue weighted by atomic mass is 10.1. The number of fused-ring (bicyclic) bond motifs is 1. The Hall–Kier alpha value is -2.22. The van der Waals surface area contributed by atoms with E-state index in [1.807, 2.05) is 18.2 Å². The molecule has 2 aromatic carbocycles. The summed E-state index contributed by atoms with van der Waals surface area (Å²) >= 11 is 0. The van der Waals surface area contributed by atoms with Gasteiger partial charge in [0.15, 0.2) is 0 Å². The van der Waals surface area contributed by atoms with E-state index in [4.69, 9.17) is 0 Å². The van der Waals surface area contributed by atoms with Crippen LogP contribution < -0.4 is 4.90 Å². The molecule has 0 bridgehead atoms. The van der Waals surface area contributed by atoms with Crippen molar-refractivity contribution < 1.29 is 13.2 Å². The lowest BCUT2D eigenvalue weighted by molar-refractivity contribution is -0.117. The molecule has 0 radical (unpaired) electrons. The minimum Gasteiger partial charge on any atom is -0.315 e. The third-order valence-electron chi connectivity index (χ3n) is 6.02. The zero-order valence-corrected chi connectivity index (χ0v) is 17.7. The van der Waals surface area contributed by atoms with Crippen LogP contribution in [0.5, 0.6) is 0 Å². The second-order valence-electron chi connectivity index (χ2n) is 7.90. The average molecular weight is 414 g/mol. The molecule has 2 aliphatic rings. The third kappa shape index (κ3) is 3.95. The molecular formula is C22H27N3O3S. The first-order chi connectivity index (χ1) is 13.9.